The number of imidazole rings is 1. The Morgan fingerprint density at radius 1 is 1.32 bits per heavy atom. The number of nitrogens with zero attached hydrogens (tertiary/aromatic N) is 5. The van der Waals surface area contributed by atoms with Gasteiger partial charge in [-0.05, 0) is 49.4 Å². The van der Waals surface area contributed by atoms with Gasteiger partial charge in [-0.3, -0.25) is 13.8 Å². The van der Waals surface area contributed by atoms with E-state index in [9.17, 15) is 9.59 Å². The van der Waals surface area contributed by atoms with Gasteiger partial charge in [0.25, 0.3) is 0 Å². The van der Waals surface area contributed by atoms with E-state index in [-0.39, 0.29) is 34.4 Å². The normalized spacial score (nSPS) is 22.6. The van der Waals surface area contributed by atoms with Gasteiger partial charge in [0.05, 0.1) is 46.1 Å². The van der Waals surface area contributed by atoms with E-state index >= 15 is 4.39 Å². The number of nitrogens with two attached hydrogens (primary N) is 1. The average molecular weight is 566 g/mol. The second-order valence-corrected chi connectivity index (χ2v) is 11.1. The maximum atomic E-state index is 15.6. The van der Waals surface area contributed by atoms with E-state index in [0.717, 1.165) is 17.3 Å². The second-order valence-electron chi connectivity index (χ2n) is 11.1. The Balaban J connectivity index is 1.58. The lowest BCUT2D eigenvalue weighted by molar-refractivity contribution is -0.00789. The van der Waals surface area contributed by atoms with Crippen molar-refractivity contribution < 1.29 is 26.9 Å². The molecular weight excluding hydrogens is 529 g/mol. The van der Waals surface area contributed by atoms with Gasteiger partial charge in [-0.25, -0.2) is 14.6 Å². The number of carbonyl (C=O) groups is 1. The maximum absolute atomic E-state index is 15.6. The molecule has 2 atom stereocenters. The fourth-order valence-electron chi connectivity index (χ4n) is 6.41. The Morgan fingerprint density at radius 2 is 2.17 bits per heavy atom. The molecule has 1 amide bonds. The van der Waals surface area contributed by atoms with Gasteiger partial charge in [-0.1, -0.05) is 12.1 Å². The molecule has 41 heavy (non-hydrogen) atoms. The molecule has 12 heteroatoms. The first-order chi connectivity index (χ1) is 22.0. The number of carbonyl (C=O) groups excluding carboxylic acids is 1. The quantitative estimate of drug-likeness (QED) is 0.332. The summed E-state index contributed by atoms with van der Waals surface area (Å²) in [4.78, 5) is 33.1. The molecule has 3 N–H and O–H groups in total. The van der Waals surface area contributed by atoms with Crippen LogP contribution in [0.15, 0.2) is 35.4 Å². The van der Waals surface area contributed by atoms with Crippen molar-refractivity contribution in [3.05, 3.63) is 58.2 Å². The summed E-state index contributed by atoms with van der Waals surface area (Å²) in [6.45, 7) is -1.48. The zero-order chi connectivity index (χ0) is 33.8. The number of rotatable bonds is 4. The molecule has 212 valence electrons. The summed E-state index contributed by atoms with van der Waals surface area (Å²) in [5.41, 5.74) is 7.00. The van der Waals surface area contributed by atoms with Crippen LogP contribution in [0.4, 0.5) is 9.18 Å². The molecule has 7 rings (SSSR count). The van der Waals surface area contributed by atoms with Crippen LogP contribution in [-0.4, -0.2) is 41.1 Å². The smallest absolute Gasteiger partial charge is 0.404 e. The third kappa shape index (κ3) is 3.80. The van der Waals surface area contributed by atoms with Gasteiger partial charge in [0, 0.05) is 46.4 Å². The standard InChI is InChI=1S/C29H30FN7O4/c1-29(2)19-8-5-14(9-15(19)13-40-29)21-22-24-20(11-32-26(22)33-23(21)18-12-35(3)34-25(18)30)36(4)28(39)37(24)16-6-7-17(10-16)41-27(31)38/h5,8-9,11-12,16-17H,6-7,10,13H2,1-4H3,(H2,31,38)(H,32,33)/t16-,17-/m1/s1/i3D3,4D3. The van der Waals surface area contributed by atoms with Gasteiger partial charge in [-0.2, -0.15) is 4.39 Å². The van der Waals surface area contributed by atoms with Crippen molar-refractivity contribution >= 4 is 28.2 Å². The predicted molar refractivity (Wildman–Crippen MR) is 150 cm³/mol. The van der Waals surface area contributed by atoms with E-state index in [0.29, 0.717) is 45.2 Å². The number of hydrogen-bond acceptors (Lipinski definition) is 6. The zero-order valence-corrected chi connectivity index (χ0v) is 22.2. The predicted octanol–water partition coefficient (Wildman–Crippen LogP) is 4.38. The Labute approximate surface area is 242 Å². The lowest BCUT2D eigenvalue weighted by Gasteiger charge is -2.18. The van der Waals surface area contributed by atoms with Crippen LogP contribution >= 0.6 is 0 Å². The minimum absolute atomic E-state index is 0.0119. The van der Waals surface area contributed by atoms with Crippen LogP contribution in [0.2, 0.25) is 0 Å². The number of fused-ring (bicyclic) bond motifs is 4. The van der Waals surface area contributed by atoms with E-state index in [1.54, 1.807) is 0 Å². The van der Waals surface area contributed by atoms with Crippen LogP contribution in [0.1, 0.15) is 58.5 Å². The number of benzene rings is 1. The minimum atomic E-state index is -2.89. The lowest BCUT2D eigenvalue weighted by atomic mass is 9.91. The number of aromatic nitrogens is 6. The van der Waals surface area contributed by atoms with Crippen molar-refractivity contribution in [1.29, 1.82) is 0 Å². The molecule has 1 aliphatic carbocycles. The van der Waals surface area contributed by atoms with Gasteiger partial charge in [0.1, 0.15) is 11.8 Å². The first kappa shape index (κ1) is 19.6. The van der Waals surface area contributed by atoms with Crippen LogP contribution in [0.25, 0.3) is 44.5 Å². The van der Waals surface area contributed by atoms with Gasteiger partial charge in [-0.15, -0.1) is 5.10 Å². The van der Waals surface area contributed by atoms with E-state index in [1.807, 2.05) is 32.0 Å². The molecule has 5 heterocycles. The highest BCUT2D eigenvalue weighted by atomic mass is 19.1. The molecular formula is C29H30FN7O4. The zero-order valence-electron chi connectivity index (χ0n) is 28.2. The molecule has 11 nitrogen and oxygen atoms in total. The number of primary amides is 1. The van der Waals surface area contributed by atoms with E-state index in [4.69, 9.17) is 23.4 Å². The number of aromatic amines is 1. The van der Waals surface area contributed by atoms with Gasteiger partial charge in [0.2, 0.25) is 5.95 Å². The first-order valence-electron chi connectivity index (χ1n) is 16.1. The monoisotopic (exact) mass is 565 g/mol. The van der Waals surface area contributed by atoms with Gasteiger partial charge < -0.3 is 20.2 Å². The SMILES string of the molecule is [2H]C([2H])([2H])n1cc(-c2[nH]c3ncc4c(c3c2-c2ccc3c(c2)COC3(C)C)n([C@@H]2CC[C@@H](OC(N)=O)C2)c(=O)n4C([2H])([2H])[2H])c(F)n1. The number of pyridine rings is 1. The summed E-state index contributed by atoms with van der Waals surface area (Å²) >= 11 is 0. The van der Waals surface area contributed by atoms with E-state index in [1.165, 1.54) is 10.8 Å². The molecule has 0 radical (unpaired) electrons. The highest BCUT2D eigenvalue weighted by Crippen LogP contribution is 2.45. The Bertz CT molecular complexity index is 2160. The van der Waals surface area contributed by atoms with Gasteiger partial charge in [0.15, 0.2) is 0 Å². The highest BCUT2D eigenvalue weighted by molar-refractivity contribution is 6.14. The number of halogens is 1. The Kier molecular flexibility index (Phi) is 4.19. The summed E-state index contributed by atoms with van der Waals surface area (Å²) in [5, 5.41) is 3.92. The first-order valence-corrected chi connectivity index (χ1v) is 13.1. The third-order valence-electron chi connectivity index (χ3n) is 8.23. The molecule has 1 aliphatic heterocycles. The number of nitrogens with one attached hydrogen (secondary N) is 1. The fraction of sp³-hybridized carbons (Fsp3) is 0.379. The fourth-order valence-corrected chi connectivity index (χ4v) is 6.41. The summed E-state index contributed by atoms with van der Waals surface area (Å²) in [5.74, 6) is -1.06. The summed E-state index contributed by atoms with van der Waals surface area (Å²) in [6.07, 6.45) is 1.75. The molecule has 2 aliphatic rings. The Hall–Kier alpha value is -4.45. The van der Waals surface area contributed by atoms with Crippen molar-refractivity contribution in [2.75, 3.05) is 0 Å². The maximum Gasteiger partial charge on any atom is 0.404 e. The molecule has 1 saturated carbocycles. The average Bonchev–Trinajstić information content (AvgIpc) is 3.76. The topological polar surface area (TPSA) is 135 Å². The molecule has 1 aromatic carbocycles. The minimum Gasteiger partial charge on any atom is -0.446 e. The van der Waals surface area contributed by atoms with E-state index in [2.05, 4.69) is 15.1 Å². The number of ether oxygens (including phenoxy) is 2. The van der Waals surface area contributed by atoms with E-state index < -0.39 is 49.4 Å². The second kappa shape index (κ2) is 8.77. The third-order valence-corrected chi connectivity index (χ3v) is 8.23. The molecule has 0 bridgehead atoms. The van der Waals surface area contributed by atoms with Crippen molar-refractivity contribution in [2.24, 2.45) is 19.7 Å². The van der Waals surface area contributed by atoms with Crippen LogP contribution in [-0.2, 0) is 35.6 Å². The molecule has 0 spiro atoms. The lowest BCUT2D eigenvalue weighted by Crippen LogP contribution is -2.26. The molecule has 0 saturated heterocycles. The number of hydrogen-bond donors (Lipinski definition) is 2. The molecule has 1 fully saturated rings. The Morgan fingerprint density at radius 3 is 2.93 bits per heavy atom. The van der Waals surface area contributed by atoms with Crippen molar-refractivity contribution in [3.63, 3.8) is 0 Å². The van der Waals surface area contributed by atoms with Crippen molar-refractivity contribution in [3.8, 4) is 22.4 Å². The van der Waals surface area contributed by atoms with Crippen LogP contribution in [0.5, 0.6) is 0 Å². The highest BCUT2D eigenvalue weighted by Gasteiger charge is 2.34. The van der Waals surface area contributed by atoms with Crippen molar-refractivity contribution in [1.82, 2.24) is 28.9 Å². The van der Waals surface area contributed by atoms with Crippen molar-refractivity contribution in [2.45, 2.75) is 57.5 Å². The number of aryl methyl sites for hydroxylation is 2. The van der Waals surface area contributed by atoms with Crippen LogP contribution in [0.3, 0.4) is 0 Å². The molecule has 5 aromatic rings. The molecule has 0 unspecified atom stereocenters. The van der Waals surface area contributed by atoms with Crippen LogP contribution in [0, 0.1) is 5.95 Å². The summed E-state index contributed by atoms with van der Waals surface area (Å²) < 4.78 is 77.3. The summed E-state index contributed by atoms with van der Waals surface area (Å²) in [6, 6.07) is 4.98. The van der Waals surface area contributed by atoms with Gasteiger partial charge >= 0.3 is 11.8 Å². The number of H-pyrrole nitrogens is 1. The number of amides is 1. The summed E-state index contributed by atoms with van der Waals surface area (Å²) in [7, 11) is 0. The van der Waals surface area contributed by atoms with Crippen LogP contribution < -0.4 is 11.4 Å². The molecule has 4 aromatic heterocycles. The largest absolute Gasteiger partial charge is 0.446 e.